The lowest BCUT2D eigenvalue weighted by molar-refractivity contribution is 0.0696. The number of rotatable bonds is 7. The molecule has 0 bridgehead atoms. The molecule has 0 radical (unpaired) electrons. The van der Waals surface area contributed by atoms with Crippen molar-refractivity contribution in [3.05, 3.63) is 52.0 Å². The Kier molecular flexibility index (Phi) is 6.89. The number of hydrogen-bond acceptors (Lipinski definition) is 4. The van der Waals surface area contributed by atoms with Gasteiger partial charge >= 0.3 is 5.97 Å². The van der Waals surface area contributed by atoms with E-state index in [4.69, 9.17) is 21.1 Å². The molecule has 2 saturated carbocycles. The fourth-order valence-corrected chi connectivity index (χ4v) is 4.70. The molecule has 0 heterocycles. The first-order valence-corrected chi connectivity index (χ1v) is 11.6. The summed E-state index contributed by atoms with van der Waals surface area (Å²) in [6.45, 7) is 1.69. The zero-order valence-corrected chi connectivity index (χ0v) is 18.9. The minimum absolute atomic E-state index is 0.0986. The molecule has 2 aromatic carbocycles. The third kappa shape index (κ3) is 5.18. The van der Waals surface area contributed by atoms with Gasteiger partial charge in [-0.2, -0.15) is 0 Å². The van der Waals surface area contributed by atoms with Gasteiger partial charge in [0.15, 0.2) is 11.5 Å². The molecular formula is C25H28ClNO5. The van der Waals surface area contributed by atoms with Crippen LogP contribution in [0.25, 0.3) is 0 Å². The Hall–Kier alpha value is -2.73. The number of aryl methyl sites for hydroxylation is 1. The molecule has 0 spiro atoms. The number of nitrogens with one attached hydrogen (secondary N) is 1. The van der Waals surface area contributed by atoms with E-state index in [-0.39, 0.29) is 23.7 Å². The summed E-state index contributed by atoms with van der Waals surface area (Å²) >= 11 is 6.58. The number of carboxylic acid groups (broad SMARTS) is 1. The summed E-state index contributed by atoms with van der Waals surface area (Å²) in [6, 6.07) is 7.98. The first-order chi connectivity index (χ1) is 15.4. The molecule has 0 aromatic heterocycles. The van der Waals surface area contributed by atoms with Gasteiger partial charge in [0.1, 0.15) is 0 Å². The average molecular weight is 458 g/mol. The maximum absolute atomic E-state index is 13.0. The van der Waals surface area contributed by atoms with E-state index in [2.05, 4.69) is 5.32 Å². The van der Waals surface area contributed by atoms with Crippen molar-refractivity contribution in [2.24, 2.45) is 0 Å². The van der Waals surface area contributed by atoms with Gasteiger partial charge in [-0.1, -0.05) is 11.6 Å². The van der Waals surface area contributed by atoms with Gasteiger partial charge in [-0.3, -0.25) is 4.79 Å². The lowest BCUT2D eigenvalue weighted by Crippen LogP contribution is -2.17. The van der Waals surface area contributed by atoms with E-state index in [9.17, 15) is 14.7 Å². The number of ether oxygens (including phenoxy) is 2. The number of carbonyl (C=O) groups excluding carboxylic acids is 1. The predicted octanol–water partition coefficient (Wildman–Crippen LogP) is 6.24. The number of carbonyl (C=O) groups is 2. The van der Waals surface area contributed by atoms with Crippen LogP contribution in [0.2, 0.25) is 5.02 Å². The molecule has 32 heavy (non-hydrogen) atoms. The topological polar surface area (TPSA) is 84.9 Å². The largest absolute Gasteiger partial charge is 0.486 e. The molecule has 170 valence electrons. The van der Waals surface area contributed by atoms with Crippen LogP contribution in [-0.2, 0) is 0 Å². The van der Waals surface area contributed by atoms with E-state index in [0.29, 0.717) is 33.3 Å². The second-order valence-corrected chi connectivity index (χ2v) is 9.03. The summed E-state index contributed by atoms with van der Waals surface area (Å²) in [6.07, 6.45) is 8.70. The fourth-order valence-electron chi connectivity index (χ4n) is 4.44. The normalized spacial score (nSPS) is 16.8. The van der Waals surface area contributed by atoms with Crippen LogP contribution in [0.15, 0.2) is 30.3 Å². The molecule has 0 aliphatic heterocycles. The van der Waals surface area contributed by atoms with Crippen LogP contribution in [0.5, 0.6) is 11.5 Å². The third-order valence-corrected chi connectivity index (χ3v) is 6.45. The van der Waals surface area contributed by atoms with Crippen LogP contribution in [0.1, 0.15) is 77.6 Å². The van der Waals surface area contributed by atoms with Crippen LogP contribution in [0, 0.1) is 6.92 Å². The number of hydrogen-bond donors (Lipinski definition) is 2. The van der Waals surface area contributed by atoms with Gasteiger partial charge < -0.3 is 19.9 Å². The second-order valence-electron chi connectivity index (χ2n) is 8.62. The second kappa shape index (κ2) is 9.82. The van der Waals surface area contributed by atoms with Crippen LogP contribution < -0.4 is 14.8 Å². The minimum Gasteiger partial charge on any atom is -0.486 e. The molecule has 1 amide bonds. The molecule has 0 atom stereocenters. The minimum atomic E-state index is -1.00. The SMILES string of the molecule is Cc1cc(NC(=O)c2cc(Cl)c(OC3CCCC3)c(OC3CCCC3)c2)ccc1C(=O)O. The number of amides is 1. The Bertz CT molecular complexity index is 1010. The maximum Gasteiger partial charge on any atom is 0.335 e. The average Bonchev–Trinajstić information content (AvgIpc) is 3.44. The summed E-state index contributed by atoms with van der Waals surface area (Å²) in [5.74, 6) is -0.320. The van der Waals surface area contributed by atoms with Crippen LogP contribution >= 0.6 is 11.6 Å². The van der Waals surface area contributed by atoms with Crippen molar-refractivity contribution in [3.63, 3.8) is 0 Å². The summed E-state index contributed by atoms with van der Waals surface area (Å²) in [4.78, 5) is 24.2. The van der Waals surface area contributed by atoms with Gasteiger partial charge in [0.25, 0.3) is 5.91 Å². The van der Waals surface area contributed by atoms with E-state index >= 15 is 0 Å². The van der Waals surface area contributed by atoms with Crippen molar-refractivity contribution in [3.8, 4) is 11.5 Å². The van der Waals surface area contributed by atoms with E-state index in [1.165, 1.54) is 6.07 Å². The number of aromatic carboxylic acids is 1. The van der Waals surface area contributed by atoms with Gasteiger partial charge in [0.2, 0.25) is 0 Å². The first kappa shape index (κ1) is 22.5. The summed E-state index contributed by atoms with van der Waals surface area (Å²) < 4.78 is 12.5. The molecule has 0 saturated heterocycles. The van der Waals surface area contributed by atoms with Crippen molar-refractivity contribution in [1.29, 1.82) is 0 Å². The summed E-state index contributed by atoms with van der Waals surface area (Å²) in [7, 11) is 0. The molecule has 2 aliphatic carbocycles. The van der Waals surface area contributed by atoms with Gasteiger partial charge in [-0.15, -0.1) is 0 Å². The van der Waals surface area contributed by atoms with Gasteiger partial charge in [0, 0.05) is 11.3 Å². The molecular weight excluding hydrogens is 430 g/mol. The monoisotopic (exact) mass is 457 g/mol. The zero-order chi connectivity index (χ0) is 22.7. The van der Waals surface area contributed by atoms with Crippen molar-refractivity contribution in [2.75, 3.05) is 5.32 Å². The van der Waals surface area contributed by atoms with Crippen LogP contribution in [-0.4, -0.2) is 29.2 Å². The highest BCUT2D eigenvalue weighted by Gasteiger charge is 2.25. The maximum atomic E-state index is 13.0. The van der Waals surface area contributed by atoms with E-state index < -0.39 is 5.97 Å². The molecule has 2 fully saturated rings. The third-order valence-electron chi connectivity index (χ3n) is 6.17. The van der Waals surface area contributed by atoms with Crippen molar-refractivity contribution in [1.82, 2.24) is 0 Å². The van der Waals surface area contributed by atoms with E-state index in [1.54, 1.807) is 31.2 Å². The number of halogens is 1. The quantitative estimate of drug-likeness (QED) is 0.513. The molecule has 7 heteroatoms. The van der Waals surface area contributed by atoms with E-state index in [0.717, 1.165) is 51.4 Å². The Labute approximate surface area is 192 Å². The predicted molar refractivity (Wildman–Crippen MR) is 123 cm³/mol. The fraction of sp³-hybridized carbons (Fsp3) is 0.440. The molecule has 4 rings (SSSR count). The molecule has 2 aromatic rings. The van der Waals surface area contributed by atoms with Gasteiger partial charge in [0.05, 0.1) is 22.8 Å². The van der Waals surface area contributed by atoms with Crippen LogP contribution in [0.4, 0.5) is 5.69 Å². The number of anilines is 1. The standard InChI is InChI=1S/C25H28ClNO5/c1-15-12-17(10-11-20(15)25(29)30)27-24(28)16-13-21(26)23(32-19-8-4-5-9-19)22(14-16)31-18-6-2-3-7-18/h10-14,18-19H,2-9H2,1H3,(H,27,28)(H,29,30). The highest BCUT2D eigenvalue weighted by molar-refractivity contribution is 6.32. The molecule has 0 unspecified atom stereocenters. The molecule has 2 aliphatic rings. The zero-order valence-electron chi connectivity index (χ0n) is 18.2. The Morgan fingerprint density at radius 2 is 1.59 bits per heavy atom. The molecule has 6 nitrogen and oxygen atoms in total. The van der Waals surface area contributed by atoms with Gasteiger partial charge in [-0.25, -0.2) is 4.79 Å². The Balaban J connectivity index is 1.58. The Morgan fingerprint density at radius 3 is 2.19 bits per heavy atom. The van der Waals surface area contributed by atoms with Gasteiger partial charge in [-0.05, 0) is 94.2 Å². The number of carboxylic acids is 1. The number of benzene rings is 2. The Morgan fingerprint density at radius 1 is 0.969 bits per heavy atom. The smallest absolute Gasteiger partial charge is 0.335 e. The summed E-state index contributed by atoms with van der Waals surface area (Å²) in [5.41, 5.74) is 1.64. The highest BCUT2D eigenvalue weighted by Crippen LogP contribution is 2.41. The van der Waals surface area contributed by atoms with Crippen molar-refractivity contribution in [2.45, 2.75) is 70.5 Å². The lowest BCUT2D eigenvalue weighted by Gasteiger charge is -2.21. The van der Waals surface area contributed by atoms with E-state index in [1.807, 2.05) is 0 Å². The first-order valence-electron chi connectivity index (χ1n) is 11.2. The van der Waals surface area contributed by atoms with Crippen LogP contribution in [0.3, 0.4) is 0 Å². The summed E-state index contributed by atoms with van der Waals surface area (Å²) in [5, 5.41) is 12.4. The molecule has 2 N–H and O–H groups in total. The highest BCUT2D eigenvalue weighted by atomic mass is 35.5. The van der Waals surface area contributed by atoms with Crippen molar-refractivity contribution >= 4 is 29.2 Å². The van der Waals surface area contributed by atoms with Crippen molar-refractivity contribution < 1.29 is 24.2 Å². The lowest BCUT2D eigenvalue weighted by atomic mass is 10.1.